The number of amidine groups is 1. The van der Waals surface area contributed by atoms with Crippen LogP contribution in [0, 0.1) is 6.92 Å². The molecule has 3 rings (SSSR count). The first-order valence-electron chi connectivity index (χ1n) is 9.31. The van der Waals surface area contributed by atoms with Gasteiger partial charge in [0, 0.05) is 26.3 Å². The first-order valence-corrected chi connectivity index (χ1v) is 10.3. The minimum atomic E-state index is 0. The molecule has 1 unspecified atom stereocenters. The Balaban J connectivity index is 0.00000243. The van der Waals surface area contributed by atoms with Gasteiger partial charge in [0.05, 0.1) is 6.04 Å². The van der Waals surface area contributed by atoms with E-state index in [1.807, 2.05) is 17.0 Å². The number of amides is 1. The molecule has 1 aromatic carbocycles. The standard InChI is InChI=1S/C20H29N3OS.ClH/c1-15-9-7-8-10-17(15)13-23(16(2)24)19-14-25-20(22(19)3)21-18-11-5-4-6-12-18;/h7-10,18-19H,4-6,11-14H2,1-3H3;1H. The molecule has 1 aliphatic heterocycles. The van der Waals surface area contributed by atoms with Crippen LogP contribution in [0.15, 0.2) is 29.3 Å². The molecular formula is C20H30ClN3OS. The first-order chi connectivity index (χ1) is 12.1. The molecule has 0 radical (unpaired) electrons. The predicted molar refractivity (Wildman–Crippen MR) is 113 cm³/mol. The molecule has 4 nitrogen and oxygen atoms in total. The molecule has 1 saturated carbocycles. The number of hydrogen-bond donors (Lipinski definition) is 0. The van der Waals surface area contributed by atoms with Gasteiger partial charge >= 0.3 is 0 Å². The van der Waals surface area contributed by atoms with Crippen molar-refractivity contribution in [1.82, 2.24) is 9.80 Å². The van der Waals surface area contributed by atoms with E-state index in [4.69, 9.17) is 4.99 Å². The number of carbonyl (C=O) groups excluding carboxylic acids is 1. The third-order valence-corrected chi connectivity index (χ3v) is 6.46. The number of aliphatic imine (C=N–C) groups is 1. The van der Waals surface area contributed by atoms with Crippen LogP contribution < -0.4 is 0 Å². The zero-order valence-corrected chi connectivity index (χ0v) is 17.6. The highest BCUT2D eigenvalue weighted by molar-refractivity contribution is 8.14. The van der Waals surface area contributed by atoms with Gasteiger partial charge in [-0.1, -0.05) is 55.3 Å². The van der Waals surface area contributed by atoms with Gasteiger partial charge in [0.25, 0.3) is 0 Å². The topological polar surface area (TPSA) is 35.9 Å². The lowest BCUT2D eigenvalue weighted by atomic mass is 9.96. The van der Waals surface area contributed by atoms with Crippen molar-refractivity contribution in [3.05, 3.63) is 35.4 Å². The van der Waals surface area contributed by atoms with Crippen molar-refractivity contribution < 1.29 is 4.79 Å². The molecule has 1 heterocycles. The Kier molecular flexibility index (Phi) is 7.84. The van der Waals surface area contributed by atoms with Gasteiger partial charge in [0.2, 0.25) is 5.91 Å². The van der Waals surface area contributed by atoms with Gasteiger partial charge in [-0.2, -0.15) is 0 Å². The second kappa shape index (κ2) is 9.65. The predicted octanol–water partition coefficient (Wildman–Crippen LogP) is 4.46. The van der Waals surface area contributed by atoms with Gasteiger partial charge < -0.3 is 9.80 Å². The summed E-state index contributed by atoms with van der Waals surface area (Å²) in [6.45, 7) is 4.44. The van der Waals surface area contributed by atoms with Crippen molar-refractivity contribution in [2.75, 3.05) is 12.8 Å². The normalized spacial score (nSPS) is 22.3. The van der Waals surface area contributed by atoms with Crippen molar-refractivity contribution >= 4 is 35.2 Å². The Morgan fingerprint density at radius 3 is 2.62 bits per heavy atom. The lowest BCUT2D eigenvalue weighted by molar-refractivity contribution is -0.133. The summed E-state index contributed by atoms with van der Waals surface area (Å²) in [5.41, 5.74) is 2.45. The second-order valence-corrected chi connectivity index (χ2v) is 8.17. The number of carbonyl (C=O) groups is 1. The molecule has 0 aromatic heterocycles. The summed E-state index contributed by atoms with van der Waals surface area (Å²) in [6, 6.07) is 8.79. The van der Waals surface area contributed by atoms with E-state index in [9.17, 15) is 4.79 Å². The van der Waals surface area contributed by atoms with Gasteiger partial charge in [-0.25, -0.2) is 0 Å². The molecule has 1 saturated heterocycles. The van der Waals surface area contributed by atoms with Crippen molar-refractivity contribution in [2.24, 2.45) is 4.99 Å². The van der Waals surface area contributed by atoms with E-state index >= 15 is 0 Å². The van der Waals surface area contributed by atoms with E-state index in [-0.39, 0.29) is 24.5 Å². The largest absolute Gasteiger partial charge is 0.333 e. The number of thioether (sulfide) groups is 1. The summed E-state index contributed by atoms with van der Waals surface area (Å²) in [7, 11) is 2.08. The number of rotatable bonds is 4. The maximum Gasteiger partial charge on any atom is 0.221 e. The second-order valence-electron chi connectivity index (χ2n) is 7.18. The minimum absolute atomic E-state index is 0. The van der Waals surface area contributed by atoms with E-state index in [0.717, 1.165) is 10.9 Å². The van der Waals surface area contributed by atoms with Crippen LogP contribution in [0.3, 0.4) is 0 Å². The lowest BCUT2D eigenvalue weighted by Gasteiger charge is -2.33. The highest BCUT2D eigenvalue weighted by atomic mass is 35.5. The third kappa shape index (κ3) is 4.95. The average Bonchev–Trinajstić information content (AvgIpc) is 2.95. The number of aryl methyl sites for hydroxylation is 1. The number of benzene rings is 1. The molecule has 1 aromatic rings. The highest BCUT2D eigenvalue weighted by Gasteiger charge is 2.34. The minimum Gasteiger partial charge on any atom is -0.333 e. The summed E-state index contributed by atoms with van der Waals surface area (Å²) in [4.78, 5) is 21.5. The van der Waals surface area contributed by atoms with Crippen LogP contribution in [-0.2, 0) is 11.3 Å². The maximum absolute atomic E-state index is 12.3. The summed E-state index contributed by atoms with van der Waals surface area (Å²) < 4.78 is 0. The SMILES string of the molecule is CC(=O)N(Cc1ccccc1C)C1CSC(=NC2CCCCC2)N1C.Cl. The molecule has 0 spiro atoms. The summed E-state index contributed by atoms with van der Waals surface area (Å²) in [6.07, 6.45) is 6.45. The lowest BCUT2D eigenvalue weighted by Crippen LogP contribution is -2.47. The van der Waals surface area contributed by atoms with Crippen molar-refractivity contribution in [2.45, 2.75) is 64.7 Å². The molecule has 6 heteroatoms. The van der Waals surface area contributed by atoms with Gasteiger partial charge in [-0.15, -0.1) is 12.4 Å². The molecule has 1 atom stereocenters. The molecule has 2 fully saturated rings. The highest BCUT2D eigenvalue weighted by Crippen LogP contribution is 2.29. The molecule has 1 aliphatic carbocycles. The maximum atomic E-state index is 12.3. The summed E-state index contributed by atoms with van der Waals surface area (Å²) in [5.74, 6) is 1.02. The molecule has 0 bridgehead atoms. The molecule has 0 N–H and O–H groups in total. The van der Waals surface area contributed by atoms with Crippen LogP contribution in [0.5, 0.6) is 0 Å². The smallest absolute Gasteiger partial charge is 0.221 e. The summed E-state index contributed by atoms with van der Waals surface area (Å²) in [5, 5.41) is 1.10. The van der Waals surface area contributed by atoms with Crippen LogP contribution in [0.25, 0.3) is 0 Å². The third-order valence-electron chi connectivity index (χ3n) is 5.34. The van der Waals surface area contributed by atoms with Crippen LogP contribution in [0.4, 0.5) is 0 Å². The van der Waals surface area contributed by atoms with Gasteiger partial charge in [0.1, 0.15) is 6.17 Å². The monoisotopic (exact) mass is 395 g/mol. The van der Waals surface area contributed by atoms with Gasteiger partial charge in [-0.3, -0.25) is 9.79 Å². The summed E-state index contributed by atoms with van der Waals surface area (Å²) >= 11 is 1.79. The van der Waals surface area contributed by atoms with E-state index in [1.165, 1.54) is 43.2 Å². The number of halogens is 1. The molecule has 2 aliphatic rings. The number of nitrogens with zero attached hydrogens (tertiary/aromatic N) is 3. The van der Waals surface area contributed by atoms with Crippen molar-refractivity contribution in [3.63, 3.8) is 0 Å². The molecular weight excluding hydrogens is 366 g/mol. The Bertz CT molecular complexity index is 646. The van der Waals surface area contributed by atoms with Gasteiger partial charge in [-0.05, 0) is 30.9 Å². The van der Waals surface area contributed by atoms with Crippen LogP contribution in [0.2, 0.25) is 0 Å². The Morgan fingerprint density at radius 2 is 1.96 bits per heavy atom. The van der Waals surface area contributed by atoms with E-state index < -0.39 is 0 Å². The number of hydrogen-bond acceptors (Lipinski definition) is 3. The van der Waals surface area contributed by atoms with Gasteiger partial charge in [0.15, 0.2) is 5.17 Å². The Morgan fingerprint density at radius 1 is 1.27 bits per heavy atom. The fourth-order valence-corrected chi connectivity index (χ4v) is 4.93. The average molecular weight is 396 g/mol. The molecule has 26 heavy (non-hydrogen) atoms. The van der Waals surface area contributed by atoms with Crippen LogP contribution in [-0.4, -0.2) is 45.9 Å². The fourth-order valence-electron chi connectivity index (χ4n) is 3.68. The van der Waals surface area contributed by atoms with E-state index in [2.05, 4.69) is 31.0 Å². The zero-order chi connectivity index (χ0) is 17.8. The van der Waals surface area contributed by atoms with Crippen LogP contribution >= 0.6 is 24.2 Å². The zero-order valence-electron chi connectivity index (χ0n) is 16.0. The molecule has 1 amide bonds. The van der Waals surface area contributed by atoms with Crippen LogP contribution in [0.1, 0.15) is 50.2 Å². The van der Waals surface area contributed by atoms with E-state index in [1.54, 1.807) is 18.7 Å². The van der Waals surface area contributed by atoms with E-state index in [0.29, 0.717) is 12.6 Å². The quantitative estimate of drug-likeness (QED) is 0.755. The van der Waals surface area contributed by atoms with Crippen molar-refractivity contribution in [3.8, 4) is 0 Å². The fraction of sp³-hybridized carbons (Fsp3) is 0.600. The van der Waals surface area contributed by atoms with Crippen molar-refractivity contribution in [1.29, 1.82) is 0 Å². The first kappa shape index (κ1) is 21.1. The Hall–Kier alpha value is -1.20. The Labute approximate surface area is 167 Å². The molecule has 144 valence electrons.